The molecular formula is C19H19N5O2S. The van der Waals surface area contributed by atoms with Gasteiger partial charge in [-0.1, -0.05) is 19.0 Å². The molecule has 0 saturated carbocycles. The third-order valence-electron chi connectivity index (χ3n) is 4.18. The van der Waals surface area contributed by atoms with E-state index >= 15 is 0 Å². The molecule has 0 unspecified atom stereocenters. The van der Waals surface area contributed by atoms with Crippen LogP contribution in [0.4, 0.5) is 5.69 Å². The maximum atomic E-state index is 12.5. The molecule has 0 aliphatic carbocycles. The van der Waals surface area contributed by atoms with E-state index in [9.17, 15) is 4.79 Å². The number of nitrogens with zero attached hydrogens (tertiary/aromatic N) is 4. The van der Waals surface area contributed by atoms with Crippen molar-refractivity contribution in [3.05, 3.63) is 46.9 Å². The average molecular weight is 381 g/mol. The Labute approximate surface area is 160 Å². The summed E-state index contributed by atoms with van der Waals surface area (Å²) >= 11 is 1.64. The molecule has 0 aliphatic rings. The minimum Gasteiger partial charge on any atom is -0.350 e. The summed E-state index contributed by atoms with van der Waals surface area (Å²) in [5, 5.41) is 12.2. The normalized spacial score (nSPS) is 11.4. The maximum Gasteiger partial charge on any atom is 0.294 e. The van der Waals surface area contributed by atoms with Crippen molar-refractivity contribution in [1.82, 2.24) is 19.9 Å². The third kappa shape index (κ3) is 3.35. The predicted molar refractivity (Wildman–Crippen MR) is 105 cm³/mol. The summed E-state index contributed by atoms with van der Waals surface area (Å²) in [6.45, 7) is 6.12. The molecule has 7 nitrogen and oxygen atoms in total. The van der Waals surface area contributed by atoms with Crippen molar-refractivity contribution in [2.24, 2.45) is 7.05 Å². The minimum atomic E-state index is -0.344. The first-order valence-electron chi connectivity index (χ1n) is 8.60. The molecule has 3 heterocycles. The van der Waals surface area contributed by atoms with Crippen LogP contribution in [0.15, 0.2) is 35.0 Å². The molecule has 0 bridgehead atoms. The van der Waals surface area contributed by atoms with E-state index in [0.29, 0.717) is 17.3 Å². The van der Waals surface area contributed by atoms with Crippen LogP contribution in [0.25, 0.3) is 21.5 Å². The minimum absolute atomic E-state index is 0.153. The lowest BCUT2D eigenvalue weighted by atomic mass is 10.2. The Morgan fingerprint density at radius 1 is 1.30 bits per heavy atom. The Morgan fingerprint density at radius 2 is 2.11 bits per heavy atom. The van der Waals surface area contributed by atoms with E-state index in [1.165, 1.54) is 0 Å². The van der Waals surface area contributed by atoms with E-state index in [1.54, 1.807) is 22.1 Å². The lowest BCUT2D eigenvalue weighted by Crippen LogP contribution is -2.10. The van der Waals surface area contributed by atoms with E-state index in [0.717, 1.165) is 26.5 Å². The molecular weight excluding hydrogens is 362 g/mol. The van der Waals surface area contributed by atoms with Crippen LogP contribution in [0.2, 0.25) is 0 Å². The predicted octanol–water partition coefficient (Wildman–Crippen LogP) is 4.37. The monoisotopic (exact) mass is 381 g/mol. The van der Waals surface area contributed by atoms with Gasteiger partial charge >= 0.3 is 0 Å². The van der Waals surface area contributed by atoms with Crippen LogP contribution < -0.4 is 5.32 Å². The highest BCUT2D eigenvalue weighted by molar-refractivity contribution is 7.18. The molecule has 4 rings (SSSR count). The summed E-state index contributed by atoms with van der Waals surface area (Å²) in [5.41, 5.74) is 3.89. The van der Waals surface area contributed by atoms with Gasteiger partial charge in [-0.3, -0.25) is 9.48 Å². The second kappa shape index (κ2) is 6.62. The largest absolute Gasteiger partial charge is 0.350 e. The second-order valence-electron chi connectivity index (χ2n) is 6.72. The highest BCUT2D eigenvalue weighted by atomic mass is 32.1. The van der Waals surface area contributed by atoms with Crippen LogP contribution in [-0.2, 0) is 7.05 Å². The van der Waals surface area contributed by atoms with E-state index in [-0.39, 0.29) is 11.7 Å². The lowest BCUT2D eigenvalue weighted by molar-refractivity contribution is 0.0988. The summed E-state index contributed by atoms with van der Waals surface area (Å²) in [5.74, 6) is 0.188. The number of hydrogen-bond donors (Lipinski definition) is 1. The molecule has 1 amide bonds. The topological polar surface area (TPSA) is 85.8 Å². The molecule has 0 atom stereocenters. The quantitative estimate of drug-likeness (QED) is 0.567. The molecule has 0 saturated heterocycles. The zero-order valence-electron chi connectivity index (χ0n) is 15.5. The zero-order valence-corrected chi connectivity index (χ0v) is 16.3. The van der Waals surface area contributed by atoms with E-state index in [1.807, 2.05) is 38.4 Å². The highest BCUT2D eigenvalue weighted by Gasteiger charge is 2.17. The van der Waals surface area contributed by atoms with Crippen molar-refractivity contribution >= 4 is 33.1 Å². The molecule has 1 N–H and O–H groups in total. The summed E-state index contributed by atoms with van der Waals surface area (Å²) in [6.07, 6.45) is 1.85. The van der Waals surface area contributed by atoms with Gasteiger partial charge in [-0.15, -0.1) is 11.3 Å². The van der Waals surface area contributed by atoms with Crippen LogP contribution >= 0.6 is 11.3 Å². The number of aromatic nitrogens is 4. The number of carbonyl (C=O) groups excluding carboxylic acids is 1. The van der Waals surface area contributed by atoms with E-state index in [4.69, 9.17) is 4.52 Å². The van der Waals surface area contributed by atoms with Gasteiger partial charge in [-0.2, -0.15) is 5.10 Å². The second-order valence-corrected chi connectivity index (χ2v) is 7.78. The number of aryl methyl sites for hydroxylation is 2. The van der Waals surface area contributed by atoms with Crippen molar-refractivity contribution < 1.29 is 9.32 Å². The van der Waals surface area contributed by atoms with Gasteiger partial charge in [0, 0.05) is 36.5 Å². The van der Waals surface area contributed by atoms with Crippen LogP contribution in [-0.4, -0.2) is 25.8 Å². The van der Waals surface area contributed by atoms with Crippen LogP contribution in [0.3, 0.4) is 0 Å². The molecule has 0 aliphatic heterocycles. The van der Waals surface area contributed by atoms with Gasteiger partial charge in [0.15, 0.2) is 0 Å². The molecule has 0 fully saturated rings. The number of fused-ring (bicyclic) bond motifs is 1. The highest BCUT2D eigenvalue weighted by Crippen LogP contribution is 2.29. The number of rotatable bonds is 4. The van der Waals surface area contributed by atoms with Gasteiger partial charge in [-0.25, -0.2) is 4.98 Å². The molecule has 1 aromatic carbocycles. The number of thiazole rings is 1. The van der Waals surface area contributed by atoms with Gasteiger partial charge < -0.3 is 9.84 Å². The average Bonchev–Trinajstić information content (AvgIpc) is 3.32. The number of carbonyl (C=O) groups is 1. The van der Waals surface area contributed by atoms with Crippen molar-refractivity contribution in [3.63, 3.8) is 0 Å². The number of anilines is 1. The molecule has 3 aromatic heterocycles. The van der Waals surface area contributed by atoms with Gasteiger partial charge in [0.25, 0.3) is 5.91 Å². The number of nitrogens with one attached hydrogen (secondary N) is 1. The zero-order chi connectivity index (χ0) is 19.1. The Morgan fingerprint density at radius 3 is 2.81 bits per heavy atom. The van der Waals surface area contributed by atoms with E-state index < -0.39 is 0 Å². The Bertz CT molecular complexity index is 1140. The van der Waals surface area contributed by atoms with Crippen molar-refractivity contribution in [3.8, 4) is 11.3 Å². The van der Waals surface area contributed by atoms with Gasteiger partial charge in [-0.05, 0) is 25.1 Å². The van der Waals surface area contributed by atoms with Gasteiger partial charge in [0.2, 0.25) is 5.76 Å². The fourth-order valence-electron chi connectivity index (χ4n) is 2.82. The van der Waals surface area contributed by atoms with Crippen LogP contribution in [0, 0.1) is 6.92 Å². The fraction of sp³-hybridized carbons (Fsp3) is 0.263. The molecule has 0 spiro atoms. The van der Waals surface area contributed by atoms with E-state index in [2.05, 4.69) is 34.4 Å². The van der Waals surface area contributed by atoms with Crippen LogP contribution in [0.5, 0.6) is 0 Å². The summed E-state index contributed by atoms with van der Waals surface area (Å²) < 4.78 is 7.98. The summed E-state index contributed by atoms with van der Waals surface area (Å²) in [4.78, 5) is 17.1. The molecule has 138 valence electrons. The molecule has 8 heteroatoms. The number of amides is 1. The van der Waals surface area contributed by atoms with Crippen molar-refractivity contribution in [2.45, 2.75) is 26.7 Å². The summed E-state index contributed by atoms with van der Waals surface area (Å²) in [7, 11) is 1.84. The standard InChI is InChI=1S/C19H19N5O2S/c1-10(2)19-21-14-6-5-12(7-17(14)27-19)20-18(25)16-8-15(23-26-16)13-9-24(4)22-11(13)3/h5-10H,1-4H3,(H,20,25). The first kappa shape index (κ1) is 17.4. The third-order valence-corrected chi connectivity index (χ3v) is 5.50. The first-order valence-corrected chi connectivity index (χ1v) is 9.41. The number of benzene rings is 1. The lowest BCUT2D eigenvalue weighted by Gasteiger charge is -2.01. The summed E-state index contributed by atoms with van der Waals surface area (Å²) in [6, 6.07) is 7.31. The molecule has 4 aromatic rings. The van der Waals surface area contributed by atoms with Crippen LogP contribution in [0.1, 0.15) is 41.0 Å². The SMILES string of the molecule is Cc1nn(C)cc1-c1cc(C(=O)Nc2ccc3nc(C(C)C)sc3c2)on1. The molecule has 0 radical (unpaired) electrons. The van der Waals surface area contributed by atoms with Crippen molar-refractivity contribution in [1.29, 1.82) is 0 Å². The van der Waals surface area contributed by atoms with Gasteiger partial charge in [0.1, 0.15) is 5.69 Å². The fourth-order valence-corrected chi connectivity index (χ4v) is 3.83. The Hall–Kier alpha value is -3.00. The number of hydrogen-bond acceptors (Lipinski definition) is 6. The Kier molecular flexibility index (Phi) is 4.27. The van der Waals surface area contributed by atoms with Crippen molar-refractivity contribution in [2.75, 3.05) is 5.32 Å². The van der Waals surface area contributed by atoms with Gasteiger partial charge in [0.05, 0.1) is 20.9 Å². The molecule has 27 heavy (non-hydrogen) atoms. The smallest absolute Gasteiger partial charge is 0.294 e. The first-order chi connectivity index (χ1) is 12.9. The Balaban J connectivity index is 1.55. The maximum absolute atomic E-state index is 12.5.